The Bertz CT molecular complexity index is 1570. The molecule has 1 aromatic carbocycles. The minimum atomic E-state index is -1.59. The van der Waals surface area contributed by atoms with Crippen LogP contribution in [0.2, 0.25) is 0 Å². The third kappa shape index (κ3) is 5.02. The first-order valence-electron chi connectivity index (χ1n) is 12.5. The number of carbonyl (C=O) groups excluding carboxylic acids is 1. The number of amides is 1. The van der Waals surface area contributed by atoms with Gasteiger partial charge in [0, 0.05) is 36.8 Å². The number of halogens is 3. The number of hydrogen-bond acceptors (Lipinski definition) is 6. The van der Waals surface area contributed by atoms with Crippen LogP contribution in [0.15, 0.2) is 35.3 Å². The van der Waals surface area contributed by atoms with Crippen LogP contribution in [-0.2, 0) is 4.74 Å². The van der Waals surface area contributed by atoms with Crippen molar-refractivity contribution in [2.45, 2.75) is 51.7 Å². The summed E-state index contributed by atoms with van der Waals surface area (Å²) in [7, 11) is 0. The molecule has 0 radical (unpaired) electrons. The summed E-state index contributed by atoms with van der Waals surface area (Å²) in [5, 5.41) is 12.0. The fourth-order valence-electron chi connectivity index (χ4n) is 5.24. The number of aromatic nitrogens is 2. The number of carboxylic acid groups (broad SMARTS) is 1. The van der Waals surface area contributed by atoms with Crippen LogP contribution >= 0.6 is 0 Å². The first-order valence-corrected chi connectivity index (χ1v) is 12.5. The summed E-state index contributed by atoms with van der Waals surface area (Å²) in [6, 6.07) is 3.41. The lowest BCUT2D eigenvalue weighted by atomic mass is 9.94. The number of pyridine rings is 2. The van der Waals surface area contributed by atoms with Gasteiger partial charge in [-0.2, -0.15) is 0 Å². The van der Waals surface area contributed by atoms with Crippen molar-refractivity contribution >= 4 is 28.9 Å². The Labute approximate surface area is 221 Å². The van der Waals surface area contributed by atoms with Crippen LogP contribution in [0.5, 0.6) is 0 Å². The molecule has 206 valence electrons. The minimum Gasteiger partial charge on any atom is -0.477 e. The smallest absolute Gasteiger partial charge is 0.407 e. The Kier molecular flexibility index (Phi) is 6.31. The molecule has 2 atom stereocenters. The second-order valence-electron chi connectivity index (χ2n) is 11.1. The monoisotopic (exact) mass is 544 g/mol. The number of aromatic carboxylic acids is 1. The number of anilines is 1. The van der Waals surface area contributed by atoms with Gasteiger partial charge in [0.25, 0.3) is 0 Å². The number of fused-ring (bicyclic) bond motifs is 1. The summed E-state index contributed by atoms with van der Waals surface area (Å²) in [4.78, 5) is 42.9. The van der Waals surface area contributed by atoms with E-state index in [2.05, 4.69) is 10.3 Å². The molecule has 0 bridgehead atoms. The number of carboxylic acids is 1. The molecule has 9 nitrogen and oxygen atoms in total. The van der Waals surface area contributed by atoms with E-state index in [1.807, 2.05) is 0 Å². The molecule has 1 saturated heterocycles. The van der Waals surface area contributed by atoms with Gasteiger partial charge >= 0.3 is 12.1 Å². The first kappa shape index (κ1) is 26.5. The van der Waals surface area contributed by atoms with Crippen LogP contribution in [-0.4, -0.2) is 51.5 Å². The maximum absolute atomic E-state index is 15.4. The molecule has 0 unspecified atom stereocenters. The van der Waals surface area contributed by atoms with E-state index < -0.39 is 46.1 Å². The topological polar surface area (TPSA) is 114 Å². The lowest BCUT2D eigenvalue weighted by Crippen LogP contribution is -2.43. The van der Waals surface area contributed by atoms with Gasteiger partial charge in [-0.3, -0.25) is 9.36 Å². The highest BCUT2D eigenvalue weighted by Crippen LogP contribution is 2.53. The molecule has 2 N–H and O–H groups in total. The average molecular weight is 545 g/mol. The Morgan fingerprint density at radius 3 is 2.59 bits per heavy atom. The Balaban J connectivity index is 1.53. The highest BCUT2D eigenvalue weighted by atomic mass is 19.1. The predicted molar refractivity (Wildman–Crippen MR) is 136 cm³/mol. The van der Waals surface area contributed by atoms with Crippen molar-refractivity contribution in [1.82, 2.24) is 14.9 Å². The SMILES string of the molecule is CC(C)(C)OC(=O)N[C@H]1C[C@]12CCCN(c1nc3c(cc1F)c(=O)c(C(=O)O)cn3-c1ccc(F)cc1F)C2. The summed E-state index contributed by atoms with van der Waals surface area (Å²) in [6.07, 6.45) is 2.52. The normalized spacial score (nSPS) is 20.8. The zero-order valence-electron chi connectivity index (χ0n) is 21.6. The Morgan fingerprint density at radius 2 is 1.92 bits per heavy atom. The van der Waals surface area contributed by atoms with E-state index in [9.17, 15) is 28.3 Å². The molecule has 2 aliphatic rings. The number of carbonyl (C=O) groups is 2. The van der Waals surface area contributed by atoms with E-state index in [1.54, 1.807) is 25.7 Å². The minimum absolute atomic E-state index is 0.0942. The molecule has 12 heteroatoms. The maximum atomic E-state index is 15.4. The van der Waals surface area contributed by atoms with Crippen LogP contribution in [0.4, 0.5) is 23.8 Å². The second kappa shape index (κ2) is 9.28. The third-order valence-corrected chi connectivity index (χ3v) is 7.10. The van der Waals surface area contributed by atoms with Gasteiger partial charge in [0.2, 0.25) is 5.43 Å². The molecule has 1 aliphatic carbocycles. The Hall–Kier alpha value is -4.09. The van der Waals surface area contributed by atoms with Crippen molar-refractivity contribution in [1.29, 1.82) is 0 Å². The van der Waals surface area contributed by atoms with Crippen molar-refractivity contribution in [3.63, 3.8) is 0 Å². The van der Waals surface area contributed by atoms with Gasteiger partial charge < -0.3 is 20.1 Å². The van der Waals surface area contributed by atoms with Crippen LogP contribution < -0.4 is 15.6 Å². The molecule has 3 heterocycles. The molecule has 3 aromatic rings. The van der Waals surface area contributed by atoms with Crippen LogP contribution in [0.3, 0.4) is 0 Å². The molecular weight excluding hydrogens is 517 g/mol. The van der Waals surface area contributed by atoms with Gasteiger partial charge in [0.15, 0.2) is 17.3 Å². The summed E-state index contributed by atoms with van der Waals surface area (Å²) in [5.74, 6) is -4.39. The summed E-state index contributed by atoms with van der Waals surface area (Å²) >= 11 is 0. The van der Waals surface area contributed by atoms with Crippen molar-refractivity contribution in [3.05, 3.63) is 63.7 Å². The standard InChI is InChI=1S/C27H27F3N4O5/c1-26(2,3)39-25(38)31-20-11-27(20)7-4-8-33(13-27)23-18(30)10-15-21(35)16(24(36)37)12-34(22(15)32-23)19-6-5-14(28)9-17(19)29/h5-6,9-10,12,20H,4,7-8,11,13H2,1-3H3,(H,31,38)(H,36,37)/t20-,27-/m0/s1. The number of nitrogens with one attached hydrogen (secondary N) is 1. The Morgan fingerprint density at radius 1 is 1.18 bits per heavy atom. The van der Waals surface area contributed by atoms with Crippen molar-refractivity contribution < 1.29 is 32.6 Å². The van der Waals surface area contributed by atoms with Gasteiger partial charge in [-0.05, 0) is 58.2 Å². The van der Waals surface area contributed by atoms with E-state index in [0.29, 0.717) is 32.0 Å². The van der Waals surface area contributed by atoms with E-state index in [-0.39, 0.29) is 34.0 Å². The van der Waals surface area contributed by atoms with Gasteiger partial charge in [-0.1, -0.05) is 0 Å². The molecule has 1 saturated carbocycles. The molecule has 2 fully saturated rings. The number of hydrogen-bond donors (Lipinski definition) is 2. The van der Waals surface area contributed by atoms with E-state index in [0.717, 1.165) is 35.4 Å². The average Bonchev–Trinajstić information content (AvgIpc) is 3.47. The van der Waals surface area contributed by atoms with Crippen molar-refractivity contribution in [2.24, 2.45) is 5.41 Å². The van der Waals surface area contributed by atoms with Crippen molar-refractivity contribution in [2.75, 3.05) is 18.0 Å². The number of nitrogens with zero attached hydrogens (tertiary/aromatic N) is 3. The summed E-state index contributed by atoms with van der Waals surface area (Å²) < 4.78 is 50.1. The molecule has 2 aromatic heterocycles. The summed E-state index contributed by atoms with van der Waals surface area (Å²) in [6.45, 7) is 6.11. The van der Waals surface area contributed by atoms with E-state index in [1.165, 1.54) is 0 Å². The van der Waals surface area contributed by atoms with Crippen LogP contribution in [0.1, 0.15) is 50.4 Å². The first-order chi connectivity index (χ1) is 18.3. The zero-order valence-corrected chi connectivity index (χ0v) is 21.6. The highest BCUT2D eigenvalue weighted by Gasteiger charge is 2.57. The molecule has 1 spiro atoms. The summed E-state index contributed by atoms with van der Waals surface area (Å²) in [5.41, 5.74) is -3.09. The predicted octanol–water partition coefficient (Wildman–Crippen LogP) is 4.38. The lowest BCUT2D eigenvalue weighted by Gasteiger charge is -2.35. The molecule has 5 rings (SSSR count). The molecular formula is C27H27F3N4O5. The van der Waals surface area contributed by atoms with Crippen molar-refractivity contribution in [3.8, 4) is 5.69 Å². The number of rotatable bonds is 4. The molecule has 1 aliphatic heterocycles. The molecule has 1 amide bonds. The largest absolute Gasteiger partial charge is 0.477 e. The van der Waals surface area contributed by atoms with E-state index >= 15 is 4.39 Å². The second-order valence-corrected chi connectivity index (χ2v) is 11.1. The number of piperidine rings is 1. The van der Waals surface area contributed by atoms with Gasteiger partial charge in [0.1, 0.15) is 22.8 Å². The highest BCUT2D eigenvalue weighted by molar-refractivity contribution is 5.92. The molecule has 39 heavy (non-hydrogen) atoms. The number of benzene rings is 1. The lowest BCUT2D eigenvalue weighted by molar-refractivity contribution is 0.0513. The van der Waals surface area contributed by atoms with Gasteiger partial charge in [-0.15, -0.1) is 0 Å². The van der Waals surface area contributed by atoms with Crippen LogP contribution in [0, 0.1) is 22.9 Å². The third-order valence-electron chi connectivity index (χ3n) is 7.10. The van der Waals surface area contributed by atoms with Crippen LogP contribution in [0.25, 0.3) is 16.7 Å². The zero-order chi connectivity index (χ0) is 28.3. The fraction of sp³-hybridized carbons (Fsp3) is 0.407. The van der Waals surface area contributed by atoms with E-state index in [4.69, 9.17) is 4.74 Å². The number of ether oxygens (including phenoxy) is 1. The van der Waals surface area contributed by atoms with Gasteiger partial charge in [0.05, 0.1) is 11.1 Å². The number of alkyl carbamates (subject to hydrolysis) is 1. The van der Waals surface area contributed by atoms with Gasteiger partial charge in [-0.25, -0.2) is 27.7 Å². The quantitative estimate of drug-likeness (QED) is 0.501. The fourth-order valence-corrected chi connectivity index (χ4v) is 5.24. The maximum Gasteiger partial charge on any atom is 0.407 e.